The molecule has 0 bridgehead atoms. The number of benzene rings is 1. The molecule has 0 heterocycles. The highest BCUT2D eigenvalue weighted by molar-refractivity contribution is 5.93. The molecule has 3 amide bonds. The minimum Gasteiger partial charge on any atom is -0.466 e. The van der Waals surface area contributed by atoms with Crippen molar-refractivity contribution < 1.29 is 28.7 Å². The number of rotatable bonds is 10. The van der Waals surface area contributed by atoms with Gasteiger partial charge in [-0.3, -0.25) is 14.4 Å². The molecule has 9 nitrogen and oxygen atoms in total. The van der Waals surface area contributed by atoms with Crippen LogP contribution in [0.25, 0.3) is 0 Å². The van der Waals surface area contributed by atoms with E-state index in [-0.39, 0.29) is 25.5 Å². The fourth-order valence-corrected chi connectivity index (χ4v) is 3.73. The summed E-state index contributed by atoms with van der Waals surface area (Å²) in [4.78, 5) is 53.6. The summed E-state index contributed by atoms with van der Waals surface area (Å²) in [6, 6.07) is 5.42. The van der Waals surface area contributed by atoms with Gasteiger partial charge in [0.1, 0.15) is 17.7 Å². The summed E-state index contributed by atoms with van der Waals surface area (Å²) in [6.07, 6.45) is -0.697. The number of ether oxygens (including phenoxy) is 2. The molecular formula is C28H45N3O6. The first-order valence-corrected chi connectivity index (χ1v) is 12.8. The van der Waals surface area contributed by atoms with Crippen molar-refractivity contribution in [2.75, 3.05) is 13.2 Å². The third kappa shape index (κ3) is 10.4. The minimum atomic E-state index is -1.00. The van der Waals surface area contributed by atoms with Crippen molar-refractivity contribution in [3.8, 4) is 0 Å². The molecule has 0 spiro atoms. The average Bonchev–Trinajstić information content (AvgIpc) is 2.74. The quantitative estimate of drug-likeness (QED) is 0.446. The van der Waals surface area contributed by atoms with Gasteiger partial charge in [-0.15, -0.1) is 0 Å². The number of carbonyl (C=O) groups excluding carboxylic acids is 4. The van der Waals surface area contributed by atoms with Gasteiger partial charge in [0.15, 0.2) is 0 Å². The Kier molecular flexibility index (Phi) is 11.6. The highest BCUT2D eigenvalue weighted by atomic mass is 16.6. The van der Waals surface area contributed by atoms with Crippen LogP contribution in [-0.4, -0.2) is 59.1 Å². The van der Waals surface area contributed by atoms with Gasteiger partial charge in [-0.05, 0) is 66.9 Å². The second kappa shape index (κ2) is 13.4. The molecule has 37 heavy (non-hydrogen) atoms. The first-order chi connectivity index (χ1) is 17.0. The number of nitrogens with one attached hydrogen (secondary N) is 2. The van der Waals surface area contributed by atoms with E-state index in [2.05, 4.69) is 10.6 Å². The second-order valence-electron chi connectivity index (χ2n) is 11.4. The summed E-state index contributed by atoms with van der Waals surface area (Å²) in [5.41, 5.74) is 0.0861. The Morgan fingerprint density at radius 2 is 1.54 bits per heavy atom. The fraction of sp³-hybridized carbons (Fsp3) is 0.643. The van der Waals surface area contributed by atoms with Gasteiger partial charge in [0, 0.05) is 12.1 Å². The lowest BCUT2D eigenvalue weighted by molar-refractivity contribution is -0.149. The van der Waals surface area contributed by atoms with Gasteiger partial charge < -0.3 is 25.0 Å². The van der Waals surface area contributed by atoms with Gasteiger partial charge >= 0.3 is 12.1 Å². The fourth-order valence-electron chi connectivity index (χ4n) is 3.73. The van der Waals surface area contributed by atoms with E-state index in [0.717, 1.165) is 5.56 Å². The van der Waals surface area contributed by atoms with E-state index in [0.29, 0.717) is 5.56 Å². The number of carbonyl (C=O) groups is 4. The van der Waals surface area contributed by atoms with Crippen molar-refractivity contribution in [3.63, 3.8) is 0 Å². The highest BCUT2D eigenvalue weighted by Crippen LogP contribution is 2.31. The SMILES string of the molecule is CCOC(=O)CCNC(=O)C(c1ccc(C)cc1)N(C(=O)C(NC(=O)OC(C)(C)C)C(C)C)C(C)(C)C. The van der Waals surface area contributed by atoms with E-state index in [9.17, 15) is 19.2 Å². The molecule has 0 saturated carbocycles. The van der Waals surface area contributed by atoms with Crippen LogP contribution in [0.4, 0.5) is 4.79 Å². The third-order valence-electron chi connectivity index (χ3n) is 5.40. The largest absolute Gasteiger partial charge is 0.466 e. The summed E-state index contributed by atoms with van der Waals surface area (Å²) in [5, 5.41) is 5.49. The number of hydrogen-bond acceptors (Lipinski definition) is 6. The van der Waals surface area contributed by atoms with Crippen LogP contribution in [0.15, 0.2) is 24.3 Å². The number of hydrogen-bond donors (Lipinski definition) is 2. The van der Waals surface area contributed by atoms with Gasteiger partial charge in [0.2, 0.25) is 11.8 Å². The molecule has 0 aliphatic heterocycles. The smallest absolute Gasteiger partial charge is 0.408 e. The van der Waals surface area contributed by atoms with E-state index >= 15 is 0 Å². The lowest BCUT2D eigenvalue weighted by Gasteiger charge is -2.43. The van der Waals surface area contributed by atoms with Crippen LogP contribution in [0.3, 0.4) is 0 Å². The summed E-state index contributed by atoms with van der Waals surface area (Å²) >= 11 is 0. The second-order valence-corrected chi connectivity index (χ2v) is 11.4. The number of alkyl carbamates (subject to hydrolysis) is 1. The summed E-state index contributed by atoms with van der Waals surface area (Å²) in [7, 11) is 0. The van der Waals surface area contributed by atoms with Gasteiger partial charge in [-0.25, -0.2) is 4.79 Å². The van der Waals surface area contributed by atoms with Gasteiger partial charge in [-0.1, -0.05) is 43.7 Å². The maximum absolute atomic E-state index is 14.1. The molecule has 0 aliphatic carbocycles. The van der Waals surface area contributed by atoms with Crippen LogP contribution >= 0.6 is 0 Å². The van der Waals surface area contributed by atoms with Crippen molar-refractivity contribution in [2.24, 2.45) is 5.92 Å². The van der Waals surface area contributed by atoms with E-state index in [4.69, 9.17) is 9.47 Å². The molecule has 2 N–H and O–H groups in total. The van der Waals surface area contributed by atoms with Gasteiger partial charge in [-0.2, -0.15) is 0 Å². The zero-order valence-electron chi connectivity index (χ0n) is 24.1. The Labute approximate surface area is 221 Å². The van der Waals surface area contributed by atoms with Gasteiger partial charge in [0.25, 0.3) is 0 Å². The van der Waals surface area contributed by atoms with Crippen molar-refractivity contribution in [1.82, 2.24) is 15.5 Å². The predicted octanol–water partition coefficient (Wildman–Crippen LogP) is 4.28. The molecule has 0 aromatic heterocycles. The summed E-state index contributed by atoms with van der Waals surface area (Å²) in [5.74, 6) is -1.55. The van der Waals surface area contributed by atoms with Crippen LogP contribution in [0.5, 0.6) is 0 Å². The van der Waals surface area contributed by atoms with Gasteiger partial charge in [0.05, 0.1) is 13.0 Å². The molecule has 0 aliphatic rings. The molecule has 1 aromatic rings. The Hall–Kier alpha value is -3.10. The summed E-state index contributed by atoms with van der Waals surface area (Å²) < 4.78 is 10.3. The highest BCUT2D eigenvalue weighted by Gasteiger charge is 2.42. The molecule has 1 rings (SSSR count). The lowest BCUT2D eigenvalue weighted by atomic mass is 9.93. The Bertz CT molecular complexity index is 929. The van der Waals surface area contributed by atoms with Crippen LogP contribution in [0, 0.1) is 12.8 Å². The number of esters is 1. The molecule has 1 aromatic carbocycles. The zero-order valence-corrected chi connectivity index (χ0v) is 24.1. The maximum Gasteiger partial charge on any atom is 0.408 e. The standard InChI is InChI=1S/C28H45N3O6/c1-11-36-21(32)16-17-29-24(33)23(20-14-12-19(4)13-15-20)31(27(5,6)7)25(34)22(18(2)3)30-26(35)37-28(8,9)10/h12-15,18,22-23H,11,16-17H2,1-10H3,(H,29,33)(H,30,35). The Morgan fingerprint density at radius 1 is 0.973 bits per heavy atom. The first-order valence-electron chi connectivity index (χ1n) is 12.8. The number of aryl methyl sites for hydroxylation is 1. The Morgan fingerprint density at radius 3 is 2.00 bits per heavy atom. The van der Waals surface area contributed by atoms with Crippen molar-refractivity contribution in [2.45, 2.75) is 98.9 Å². The number of amides is 3. The predicted molar refractivity (Wildman–Crippen MR) is 143 cm³/mol. The molecule has 2 atom stereocenters. The topological polar surface area (TPSA) is 114 Å². The molecule has 0 radical (unpaired) electrons. The van der Waals surface area contributed by atoms with Crippen LogP contribution in [0.2, 0.25) is 0 Å². The van der Waals surface area contributed by atoms with Crippen molar-refractivity contribution in [3.05, 3.63) is 35.4 Å². The third-order valence-corrected chi connectivity index (χ3v) is 5.40. The molecular weight excluding hydrogens is 474 g/mol. The molecule has 9 heteroatoms. The van der Waals surface area contributed by atoms with E-state index in [1.807, 2.05) is 65.8 Å². The van der Waals surface area contributed by atoms with Crippen LogP contribution in [-0.2, 0) is 23.9 Å². The Balaban J connectivity index is 3.43. The zero-order chi connectivity index (χ0) is 28.6. The van der Waals surface area contributed by atoms with Crippen LogP contribution in [0.1, 0.15) is 85.9 Å². The van der Waals surface area contributed by atoms with Crippen molar-refractivity contribution >= 4 is 23.9 Å². The average molecular weight is 520 g/mol. The van der Waals surface area contributed by atoms with Crippen LogP contribution < -0.4 is 10.6 Å². The maximum atomic E-state index is 14.1. The lowest BCUT2D eigenvalue weighted by Crippen LogP contribution is -2.59. The van der Waals surface area contributed by atoms with Crippen molar-refractivity contribution in [1.29, 1.82) is 0 Å². The van der Waals surface area contributed by atoms with E-state index < -0.39 is 47.1 Å². The molecule has 0 saturated heterocycles. The monoisotopic (exact) mass is 519 g/mol. The molecule has 0 fully saturated rings. The molecule has 208 valence electrons. The summed E-state index contributed by atoms with van der Waals surface area (Å²) in [6.45, 7) is 18.4. The minimum absolute atomic E-state index is 0.0124. The molecule has 2 unspecified atom stereocenters. The normalized spacial score (nSPS) is 13.4. The van der Waals surface area contributed by atoms with E-state index in [1.165, 1.54) is 4.90 Å². The van der Waals surface area contributed by atoms with E-state index in [1.54, 1.807) is 27.7 Å². The number of nitrogens with zero attached hydrogens (tertiary/aromatic N) is 1. The first kappa shape index (κ1) is 31.9.